The minimum atomic E-state index is -0.993. The van der Waals surface area contributed by atoms with Gasteiger partial charge in [-0.25, -0.2) is 4.79 Å². The van der Waals surface area contributed by atoms with Gasteiger partial charge < -0.3 is 15.2 Å². The molecule has 1 aliphatic heterocycles. The Hall–Kier alpha value is -0.610. The maximum Gasteiger partial charge on any atom is 0.336 e. The third-order valence-electron chi connectivity index (χ3n) is 2.01. The van der Waals surface area contributed by atoms with E-state index in [1.165, 1.54) is 0 Å². The van der Waals surface area contributed by atoms with Gasteiger partial charge in [0.25, 0.3) is 0 Å². The number of aliphatic hydroxyl groups excluding tert-OH is 1. The van der Waals surface area contributed by atoms with Crippen LogP contribution in [0.25, 0.3) is 0 Å². The van der Waals surface area contributed by atoms with Gasteiger partial charge >= 0.3 is 5.97 Å². The molecule has 0 aliphatic carbocycles. The highest BCUT2D eigenvalue weighted by Crippen LogP contribution is 2.10. The standard InChI is InChI=1S/C8H15NO3/c1-2-12-8(11)7(10)6-4-3-5-9-6/h6-7,9-10H,2-5H2,1H3/t6-,7-/m0/s1. The van der Waals surface area contributed by atoms with Crippen LogP contribution in [0.2, 0.25) is 0 Å². The number of hydrogen-bond donors (Lipinski definition) is 2. The highest BCUT2D eigenvalue weighted by molar-refractivity contribution is 5.75. The molecule has 70 valence electrons. The summed E-state index contributed by atoms with van der Waals surface area (Å²) < 4.78 is 4.69. The van der Waals surface area contributed by atoms with E-state index in [2.05, 4.69) is 10.1 Å². The van der Waals surface area contributed by atoms with Crippen LogP contribution in [0, 0.1) is 0 Å². The second kappa shape index (κ2) is 4.42. The maximum atomic E-state index is 11.0. The second-order valence-corrected chi connectivity index (χ2v) is 2.90. The molecular weight excluding hydrogens is 158 g/mol. The Bertz CT molecular complexity index is 154. The van der Waals surface area contributed by atoms with E-state index in [1.807, 2.05) is 0 Å². The summed E-state index contributed by atoms with van der Waals surface area (Å²) in [6.07, 6.45) is 0.869. The summed E-state index contributed by atoms with van der Waals surface area (Å²) in [5.41, 5.74) is 0. The van der Waals surface area contributed by atoms with Gasteiger partial charge in [0.15, 0.2) is 6.10 Å². The maximum absolute atomic E-state index is 11.0. The summed E-state index contributed by atoms with van der Waals surface area (Å²) in [4.78, 5) is 11.0. The van der Waals surface area contributed by atoms with Crippen LogP contribution < -0.4 is 5.32 Å². The van der Waals surface area contributed by atoms with E-state index < -0.39 is 12.1 Å². The van der Waals surface area contributed by atoms with Crippen LogP contribution in [-0.2, 0) is 9.53 Å². The van der Waals surface area contributed by atoms with Crippen molar-refractivity contribution in [1.29, 1.82) is 0 Å². The van der Waals surface area contributed by atoms with Crippen LogP contribution >= 0.6 is 0 Å². The first kappa shape index (κ1) is 9.48. The van der Waals surface area contributed by atoms with Crippen LogP contribution in [0.4, 0.5) is 0 Å². The van der Waals surface area contributed by atoms with Gasteiger partial charge in [0.05, 0.1) is 6.61 Å². The molecule has 2 atom stereocenters. The predicted molar refractivity (Wildman–Crippen MR) is 43.7 cm³/mol. The highest BCUT2D eigenvalue weighted by atomic mass is 16.5. The molecule has 0 aromatic heterocycles. The number of carbonyl (C=O) groups is 1. The Kier molecular flexibility index (Phi) is 3.49. The van der Waals surface area contributed by atoms with Crippen molar-refractivity contribution in [1.82, 2.24) is 5.32 Å². The predicted octanol–water partition coefficient (Wildman–Crippen LogP) is -0.338. The molecule has 4 nitrogen and oxygen atoms in total. The molecule has 2 N–H and O–H groups in total. The first-order valence-corrected chi connectivity index (χ1v) is 4.33. The molecular formula is C8H15NO3. The van der Waals surface area contributed by atoms with Crippen LogP contribution in [0.3, 0.4) is 0 Å². The minimum Gasteiger partial charge on any atom is -0.464 e. The molecule has 0 aromatic rings. The molecule has 1 rings (SSSR count). The van der Waals surface area contributed by atoms with Crippen molar-refractivity contribution in [2.75, 3.05) is 13.2 Å². The molecule has 0 amide bonds. The van der Waals surface area contributed by atoms with Gasteiger partial charge in [-0.3, -0.25) is 0 Å². The zero-order valence-electron chi connectivity index (χ0n) is 7.25. The van der Waals surface area contributed by atoms with Gasteiger partial charge in [0.1, 0.15) is 0 Å². The normalized spacial score (nSPS) is 25.3. The lowest BCUT2D eigenvalue weighted by Crippen LogP contribution is -2.41. The van der Waals surface area contributed by atoms with Crippen LogP contribution in [0.1, 0.15) is 19.8 Å². The van der Waals surface area contributed by atoms with Gasteiger partial charge in [0, 0.05) is 6.04 Å². The van der Waals surface area contributed by atoms with E-state index in [0.29, 0.717) is 6.61 Å². The zero-order chi connectivity index (χ0) is 8.97. The summed E-state index contributed by atoms with van der Waals surface area (Å²) in [6.45, 7) is 2.93. The first-order chi connectivity index (χ1) is 5.75. The second-order valence-electron chi connectivity index (χ2n) is 2.90. The molecule has 0 aromatic carbocycles. The molecule has 1 heterocycles. The summed E-state index contributed by atoms with van der Waals surface area (Å²) in [6, 6.07) is -0.107. The molecule has 12 heavy (non-hydrogen) atoms. The molecule has 1 saturated heterocycles. The molecule has 0 unspecified atom stereocenters. The fourth-order valence-corrected chi connectivity index (χ4v) is 1.37. The van der Waals surface area contributed by atoms with Gasteiger partial charge in [-0.1, -0.05) is 0 Å². The summed E-state index contributed by atoms with van der Waals surface area (Å²) in [7, 11) is 0. The van der Waals surface area contributed by atoms with Crippen molar-refractivity contribution in [2.45, 2.75) is 31.9 Å². The lowest BCUT2D eigenvalue weighted by Gasteiger charge is -2.15. The Labute approximate surface area is 71.9 Å². The van der Waals surface area contributed by atoms with Gasteiger partial charge in [-0.2, -0.15) is 0 Å². The van der Waals surface area contributed by atoms with Crippen LogP contribution in [-0.4, -0.2) is 36.4 Å². The lowest BCUT2D eigenvalue weighted by molar-refractivity contribution is -0.154. The SMILES string of the molecule is CCOC(=O)[C@@H](O)[C@@H]1CCCN1. The summed E-state index contributed by atoms with van der Waals surface area (Å²) >= 11 is 0. The molecule has 0 bridgehead atoms. The molecule has 1 aliphatic rings. The third-order valence-corrected chi connectivity index (χ3v) is 2.01. The Morgan fingerprint density at radius 3 is 3.08 bits per heavy atom. The monoisotopic (exact) mass is 173 g/mol. The number of rotatable bonds is 3. The number of carbonyl (C=O) groups excluding carboxylic acids is 1. The van der Waals surface area contributed by atoms with E-state index in [0.717, 1.165) is 19.4 Å². The van der Waals surface area contributed by atoms with E-state index in [1.54, 1.807) is 6.92 Å². The zero-order valence-corrected chi connectivity index (χ0v) is 7.25. The van der Waals surface area contributed by atoms with E-state index in [4.69, 9.17) is 0 Å². The largest absolute Gasteiger partial charge is 0.464 e. The van der Waals surface area contributed by atoms with Crippen molar-refractivity contribution >= 4 is 5.97 Å². The van der Waals surface area contributed by atoms with E-state index >= 15 is 0 Å². The number of ether oxygens (including phenoxy) is 1. The number of nitrogens with one attached hydrogen (secondary N) is 1. The molecule has 1 fully saturated rings. The van der Waals surface area contributed by atoms with Crippen molar-refractivity contribution in [3.05, 3.63) is 0 Å². The smallest absolute Gasteiger partial charge is 0.336 e. The van der Waals surface area contributed by atoms with Crippen LogP contribution in [0.5, 0.6) is 0 Å². The molecule has 0 spiro atoms. The van der Waals surface area contributed by atoms with Gasteiger partial charge in [0.2, 0.25) is 0 Å². The average Bonchev–Trinajstić information content (AvgIpc) is 2.55. The van der Waals surface area contributed by atoms with Gasteiger partial charge in [-0.15, -0.1) is 0 Å². The fraction of sp³-hybridized carbons (Fsp3) is 0.875. The third kappa shape index (κ3) is 2.19. The first-order valence-electron chi connectivity index (χ1n) is 4.33. The van der Waals surface area contributed by atoms with Crippen molar-refractivity contribution in [2.24, 2.45) is 0 Å². The average molecular weight is 173 g/mol. The highest BCUT2D eigenvalue weighted by Gasteiger charge is 2.29. The Morgan fingerprint density at radius 2 is 2.58 bits per heavy atom. The van der Waals surface area contributed by atoms with Crippen LogP contribution in [0.15, 0.2) is 0 Å². The molecule has 0 radical (unpaired) electrons. The topological polar surface area (TPSA) is 58.6 Å². The molecule has 4 heteroatoms. The number of esters is 1. The fourth-order valence-electron chi connectivity index (χ4n) is 1.37. The van der Waals surface area contributed by atoms with Crippen molar-refractivity contribution < 1.29 is 14.6 Å². The summed E-state index contributed by atoms with van der Waals surface area (Å²) in [5.74, 6) is -0.517. The number of aliphatic hydroxyl groups is 1. The minimum absolute atomic E-state index is 0.107. The Morgan fingerprint density at radius 1 is 1.83 bits per heavy atom. The van der Waals surface area contributed by atoms with Crippen molar-refractivity contribution in [3.63, 3.8) is 0 Å². The lowest BCUT2D eigenvalue weighted by atomic mass is 10.1. The molecule has 0 saturated carbocycles. The van der Waals surface area contributed by atoms with Gasteiger partial charge in [-0.05, 0) is 26.3 Å². The number of hydrogen-bond acceptors (Lipinski definition) is 4. The quantitative estimate of drug-likeness (QED) is 0.573. The Balaban J connectivity index is 2.34. The van der Waals surface area contributed by atoms with Crippen molar-refractivity contribution in [3.8, 4) is 0 Å². The summed E-state index contributed by atoms with van der Waals surface area (Å²) in [5, 5.41) is 12.5. The van der Waals surface area contributed by atoms with E-state index in [-0.39, 0.29) is 6.04 Å². The van der Waals surface area contributed by atoms with E-state index in [9.17, 15) is 9.90 Å².